The Labute approximate surface area is 109 Å². The Morgan fingerprint density at radius 3 is 2.11 bits per heavy atom. The van der Waals surface area contributed by atoms with Crippen LogP contribution in [0.1, 0.15) is 27.6 Å². The SMILES string of the molecule is CC(C(=O)O)C(O)CN1C(=O)c2ccccc2C1=O. The van der Waals surface area contributed by atoms with Crippen LogP contribution in [-0.2, 0) is 4.79 Å². The third kappa shape index (κ3) is 2.22. The van der Waals surface area contributed by atoms with E-state index in [0.717, 1.165) is 4.90 Å². The molecule has 0 fully saturated rings. The molecule has 0 saturated carbocycles. The van der Waals surface area contributed by atoms with Gasteiger partial charge in [0.25, 0.3) is 11.8 Å². The summed E-state index contributed by atoms with van der Waals surface area (Å²) in [7, 11) is 0. The van der Waals surface area contributed by atoms with Gasteiger partial charge in [-0.3, -0.25) is 19.3 Å². The fourth-order valence-electron chi connectivity index (χ4n) is 1.91. The van der Waals surface area contributed by atoms with Crippen molar-refractivity contribution in [3.63, 3.8) is 0 Å². The van der Waals surface area contributed by atoms with Gasteiger partial charge in [-0.15, -0.1) is 0 Å². The van der Waals surface area contributed by atoms with Gasteiger partial charge >= 0.3 is 5.97 Å². The number of β-amino-alcohol motifs (C(OH)–C–C–N with tert-alkyl or cyclic N) is 1. The molecule has 6 nitrogen and oxygen atoms in total. The standard InChI is InChI=1S/C13H13NO5/c1-7(13(18)19)10(15)6-14-11(16)8-4-2-3-5-9(8)12(14)17/h2-5,7,10,15H,6H2,1H3,(H,18,19). The number of nitrogens with zero attached hydrogens (tertiary/aromatic N) is 1. The van der Waals surface area contributed by atoms with Crippen molar-refractivity contribution in [3.8, 4) is 0 Å². The summed E-state index contributed by atoms with van der Waals surface area (Å²) < 4.78 is 0. The quantitative estimate of drug-likeness (QED) is 0.765. The van der Waals surface area contributed by atoms with Crippen molar-refractivity contribution in [2.75, 3.05) is 6.54 Å². The van der Waals surface area contributed by atoms with E-state index >= 15 is 0 Å². The van der Waals surface area contributed by atoms with E-state index in [1.165, 1.54) is 19.1 Å². The Morgan fingerprint density at radius 1 is 1.21 bits per heavy atom. The van der Waals surface area contributed by atoms with Gasteiger partial charge in [0, 0.05) is 0 Å². The number of aliphatic hydroxyl groups excluding tert-OH is 1. The van der Waals surface area contributed by atoms with E-state index in [2.05, 4.69) is 0 Å². The molecule has 1 aliphatic rings. The molecule has 2 atom stereocenters. The first kappa shape index (κ1) is 13.2. The van der Waals surface area contributed by atoms with Crippen LogP contribution in [0, 0.1) is 5.92 Å². The lowest BCUT2D eigenvalue weighted by Crippen LogP contribution is -2.41. The molecular formula is C13H13NO5. The van der Waals surface area contributed by atoms with Crippen LogP contribution in [0.3, 0.4) is 0 Å². The summed E-state index contributed by atoms with van der Waals surface area (Å²) in [4.78, 5) is 35.6. The first-order chi connectivity index (χ1) is 8.93. The molecule has 0 saturated heterocycles. The molecule has 0 spiro atoms. The fraction of sp³-hybridized carbons (Fsp3) is 0.308. The van der Waals surface area contributed by atoms with Crippen LogP contribution in [0.4, 0.5) is 0 Å². The highest BCUT2D eigenvalue weighted by Gasteiger charge is 2.37. The zero-order valence-corrected chi connectivity index (χ0v) is 10.2. The molecule has 6 heteroatoms. The number of benzene rings is 1. The molecule has 2 N–H and O–H groups in total. The van der Waals surface area contributed by atoms with Crippen LogP contribution in [0.2, 0.25) is 0 Å². The minimum Gasteiger partial charge on any atom is -0.481 e. The van der Waals surface area contributed by atoms with Crippen LogP contribution in [0.25, 0.3) is 0 Å². The molecule has 19 heavy (non-hydrogen) atoms. The van der Waals surface area contributed by atoms with Crippen molar-refractivity contribution in [1.82, 2.24) is 4.90 Å². The second-order valence-corrected chi connectivity index (χ2v) is 4.46. The van der Waals surface area contributed by atoms with E-state index in [1.807, 2.05) is 0 Å². The number of carboxylic acid groups (broad SMARTS) is 1. The molecule has 0 aliphatic carbocycles. The Balaban J connectivity index is 2.19. The van der Waals surface area contributed by atoms with E-state index < -0.39 is 29.8 Å². The van der Waals surface area contributed by atoms with Gasteiger partial charge < -0.3 is 10.2 Å². The Kier molecular flexibility index (Phi) is 3.35. The van der Waals surface area contributed by atoms with E-state index in [1.54, 1.807) is 12.1 Å². The lowest BCUT2D eigenvalue weighted by Gasteiger charge is -2.20. The third-order valence-electron chi connectivity index (χ3n) is 3.21. The zero-order chi connectivity index (χ0) is 14.2. The van der Waals surface area contributed by atoms with Gasteiger partial charge in [-0.25, -0.2) is 0 Å². The lowest BCUT2D eigenvalue weighted by atomic mass is 10.1. The van der Waals surface area contributed by atoms with Crippen LogP contribution >= 0.6 is 0 Å². The van der Waals surface area contributed by atoms with Gasteiger partial charge in [0.1, 0.15) is 0 Å². The Bertz CT molecular complexity index is 519. The Hall–Kier alpha value is -2.21. The topological polar surface area (TPSA) is 94.9 Å². The average Bonchev–Trinajstić information content (AvgIpc) is 2.63. The van der Waals surface area contributed by atoms with Gasteiger partial charge in [0.2, 0.25) is 0 Å². The Morgan fingerprint density at radius 2 is 1.68 bits per heavy atom. The first-order valence-corrected chi connectivity index (χ1v) is 5.79. The second-order valence-electron chi connectivity index (χ2n) is 4.46. The maximum absolute atomic E-state index is 12.0. The number of hydrogen-bond donors (Lipinski definition) is 2. The highest BCUT2D eigenvalue weighted by molar-refractivity contribution is 6.21. The minimum absolute atomic E-state index is 0.280. The lowest BCUT2D eigenvalue weighted by molar-refractivity contribution is -0.145. The van der Waals surface area contributed by atoms with Crippen molar-refractivity contribution < 1.29 is 24.6 Å². The molecule has 100 valence electrons. The number of aliphatic hydroxyl groups is 1. The number of rotatable bonds is 4. The molecule has 0 radical (unpaired) electrons. The van der Waals surface area contributed by atoms with E-state index in [0.29, 0.717) is 0 Å². The summed E-state index contributed by atoms with van der Waals surface area (Å²) >= 11 is 0. The second kappa shape index (κ2) is 4.81. The van der Waals surface area contributed by atoms with Crippen LogP contribution in [0.5, 0.6) is 0 Å². The normalized spacial score (nSPS) is 17.3. The van der Waals surface area contributed by atoms with Gasteiger partial charge in [-0.05, 0) is 19.1 Å². The molecule has 2 unspecified atom stereocenters. The summed E-state index contributed by atoms with van der Waals surface area (Å²) in [5, 5.41) is 18.5. The third-order valence-corrected chi connectivity index (χ3v) is 3.21. The smallest absolute Gasteiger partial charge is 0.308 e. The molecule has 0 aromatic heterocycles. The molecule has 1 aromatic carbocycles. The maximum atomic E-state index is 12.0. The number of hydrogen-bond acceptors (Lipinski definition) is 4. The summed E-state index contributed by atoms with van der Waals surface area (Å²) in [6.45, 7) is 1.00. The molecule has 1 aliphatic heterocycles. The van der Waals surface area contributed by atoms with Gasteiger partial charge in [0.15, 0.2) is 0 Å². The van der Waals surface area contributed by atoms with E-state index in [9.17, 15) is 19.5 Å². The summed E-state index contributed by atoms with van der Waals surface area (Å²) in [6.07, 6.45) is -1.29. The predicted octanol–water partition coefficient (Wildman–Crippen LogP) is 0.364. The molecular weight excluding hydrogens is 250 g/mol. The molecule has 2 amide bonds. The number of imide groups is 1. The van der Waals surface area contributed by atoms with E-state index in [-0.39, 0.29) is 17.7 Å². The van der Waals surface area contributed by atoms with Crippen molar-refractivity contribution >= 4 is 17.8 Å². The monoisotopic (exact) mass is 263 g/mol. The first-order valence-electron chi connectivity index (χ1n) is 5.79. The molecule has 1 aromatic rings. The summed E-state index contributed by atoms with van der Waals surface area (Å²) in [5.41, 5.74) is 0.561. The highest BCUT2D eigenvalue weighted by Crippen LogP contribution is 2.23. The van der Waals surface area contributed by atoms with Crippen molar-refractivity contribution in [3.05, 3.63) is 35.4 Å². The number of carboxylic acids is 1. The van der Waals surface area contributed by atoms with Gasteiger partial charge in [-0.1, -0.05) is 12.1 Å². The van der Waals surface area contributed by atoms with Crippen molar-refractivity contribution in [1.29, 1.82) is 0 Å². The van der Waals surface area contributed by atoms with Crippen molar-refractivity contribution in [2.24, 2.45) is 5.92 Å². The molecule has 1 heterocycles. The number of fused-ring (bicyclic) bond motifs is 1. The van der Waals surface area contributed by atoms with Gasteiger partial charge in [-0.2, -0.15) is 0 Å². The summed E-state index contributed by atoms with van der Waals surface area (Å²) in [5.74, 6) is -3.23. The number of aliphatic carboxylic acids is 1. The van der Waals surface area contributed by atoms with Crippen LogP contribution < -0.4 is 0 Å². The predicted molar refractivity (Wildman–Crippen MR) is 64.6 cm³/mol. The average molecular weight is 263 g/mol. The number of carbonyl (C=O) groups is 3. The van der Waals surface area contributed by atoms with Crippen LogP contribution in [-0.4, -0.2) is 45.5 Å². The number of carbonyl (C=O) groups excluding carboxylic acids is 2. The van der Waals surface area contributed by atoms with Gasteiger partial charge in [0.05, 0.1) is 29.7 Å². The minimum atomic E-state index is -1.29. The molecule has 0 bridgehead atoms. The number of amides is 2. The zero-order valence-electron chi connectivity index (χ0n) is 10.2. The van der Waals surface area contributed by atoms with E-state index in [4.69, 9.17) is 5.11 Å². The van der Waals surface area contributed by atoms with Crippen molar-refractivity contribution in [2.45, 2.75) is 13.0 Å². The summed E-state index contributed by atoms with van der Waals surface area (Å²) in [6, 6.07) is 6.35. The largest absolute Gasteiger partial charge is 0.481 e. The molecule has 2 rings (SSSR count). The van der Waals surface area contributed by atoms with Crippen LogP contribution in [0.15, 0.2) is 24.3 Å². The highest BCUT2D eigenvalue weighted by atomic mass is 16.4. The maximum Gasteiger partial charge on any atom is 0.308 e. The fourth-order valence-corrected chi connectivity index (χ4v) is 1.91.